The number of aromatic nitrogens is 2. The molecule has 1 aromatic rings. The molecule has 0 saturated heterocycles. The third-order valence-electron chi connectivity index (χ3n) is 3.33. The van der Waals surface area contributed by atoms with E-state index in [0.717, 1.165) is 0 Å². The summed E-state index contributed by atoms with van der Waals surface area (Å²) in [4.78, 5) is 0. The zero-order chi connectivity index (χ0) is 11.1. The highest BCUT2D eigenvalue weighted by Crippen LogP contribution is 2.20. The van der Waals surface area contributed by atoms with Crippen molar-refractivity contribution in [1.82, 2.24) is 9.78 Å². The molecule has 1 aromatic heterocycles. The van der Waals surface area contributed by atoms with Crippen molar-refractivity contribution in [1.29, 1.82) is 0 Å². The van der Waals surface area contributed by atoms with Crippen molar-refractivity contribution in [2.75, 3.05) is 0 Å². The van der Waals surface area contributed by atoms with Gasteiger partial charge in [-0.3, -0.25) is 4.68 Å². The standard InChI is InChI=1S/C12H22N2Si/c1-14-11-9-7-5-6-8-10(11)12(13-14)15(2,3)4/h5-9H2,1-4H3. The van der Waals surface area contributed by atoms with Gasteiger partial charge >= 0.3 is 0 Å². The first-order chi connectivity index (χ1) is 7.00. The highest BCUT2D eigenvalue weighted by atomic mass is 28.3. The first-order valence-electron chi connectivity index (χ1n) is 6.05. The molecule has 3 heteroatoms. The first kappa shape index (κ1) is 10.9. The number of aryl methyl sites for hydroxylation is 1. The van der Waals surface area contributed by atoms with Gasteiger partial charge in [0.2, 0.25) is 0 Å². The van der Waals surface area contributed by atoms with Crippen LogP contribution in [0.1, 0.15) is 30.5 Å². The second-order valence-electron chi connectivity index (χ2n) is 5.71. The van der Waals surface area contributed by atoms with Gasteiger partial charge in [0.05, 0.1) is 0 Å². The molecular weight excluding hydrogens is 200 g/mol. The summed E-state index contributed by atoms with van der Waals surface area (Å²) in [6, 6.07) is 0. The van der Waals surface area contributed by atoms with Crippen molar-refractivity contribution in [3.05, 3.63) is 11.3 Å². The van der Waals surface area contributed by atoms with Gasteiger partial charge in [0, 0.05) is 18.1 Å². The minimum atomic E-state index is -1.25. The molecule has 0 aromatic carbocycles. The van der Waals surface area contributed by atoms with E-state index in [9.17, 15) is 0 Å². The molecule has 0 radical (unpaired) electrons. The second kappa shape index (κ2) is 3.78. The predicted octanol–water partition coefficient (Wildman–Crippen LogP) is 2.23. The van der Waals surface area contributed by atoms with Crippen LogP contribution >= 0.6 is 0 Å². The van der Waals surface area contributed by atoms with E-state index in [1.807, 2.05) is 0 Å². The Morgan fingerprint density at radius 2 is 1.73 bits per heavy atom. The molecule has 0 fully saturated rings. The molecule has 1 heterocycles. The van der Waals surface area contributed by atoms with Crippen molar-refractivity contribution in [3.8, 4) is 0 Å². The van der Waals surface area contributed by atoms with Crippen LogP contribution in [0.3, 0.4) is 0 Å². The van der Waals surface area contributed by atoms with Crippen molar-refractivity contribution in [3.63, 3.8) is 0 Å². The molecule has 0 atom stereocenters. The Bertz CT molecular complexity index is 360. The topological polar surface area (TPSA) is 17.8 Å². The van der Waals surface area contributed by atoms with Gasteiger partial charge in [0.25, 0.3) is 0 Å². The fraction of sp³-hybridized carbons (Fsp3) is 0.750. The summed E-state index contributed by atoms with van der Waals surface area (Å²) in [7, 11) is 0.873. The maximum atomic E-state index is 4.78. The van der Waals surface area contributed by atoms with Gasteiger partial charge in [-0.25, -0.2) is 0 Å². The van der Waals surface area contributed by atoms with Crippen LogP contribution in [0.2, 0.25) is 19.6 Å². The van der Waals surface area contributed by atoms with Crippen molar-refractivity contribution in [2.45, 2.75) is 51.7 Å². The number of nitrogens with zero attached hydrogens (tertiary/aromatic N) is 2. The molecule has 0 aliphatic heterocycles. The summed E-state index contributed by atoms with van der Waals surface area (Å²) in [5.74, 6) is 0. The molecule has 1 aliphatic carbocycles. The van der Waals surface area contributed by atoms with Gasteiger partial charge in [-0.15, -0.1) is 0 Å². The van der Waals surface area contributed by atoms with E-state index >= 15 is 0 Å². The lowest BCUT2D eigenvalue weighted by atomic mass is 10.1. The molecule has 0 bridgehead atoms. The van der Waals surface area contributed by atoms with Gasteiger partial charge in [0.15, 0.2) is 0 Å². The Labute approximate surface area is 93.7 Å². The fourth-order valence-corrected chi connectivity index (χ4v) is 4.18. The molecule has 84 valence electrons. The zero-order valence-corrected chi connectivity index (χ0v) is 11.4. The van der Waals surface area contributed by atoms with Crippen LogP contribution in [0.4, 0.5) is 0 Å². The molecule has 1 aliphatic rings. The Morgan fingerprint density at radius 1 is 1.07 bits per heavy atom. The maximum Gasteiger partial charge on any atom is 0.104 e. The Kier molecular flexibility index (Phi) is 2.75. The Balaban J connectivity index is 2.49. The molecular formula is C12H22N2Si. The molecule has 15 heavy (non-hydrogen) atoms. The van der Waals surface area contributed by atoms with Gasteiger partial charge in [0.1, 0.15) is 8.07 Å². The minimum Gasteiger partial charge on any atom is -0.273 e. The van der Waals surface area contributed by atoms with Crippen LogP contribution in [0.15, 0.2) is 0 Å². The molecule has 2 nitrogen and oxygen atoms in total. The van der Waals surface area contributed by atoms with E-state index in [4.69, 9.17) is 5.10 Å². The van der Waals surface area contributed by atoms with Crippen molar-refractivity contribution >= 4 is 13.4 Å². The largest absolute Gasteiger partial charge is 0.273 e. The lowest BCUT2D eigenvalue weighted by Crippen LogP contribution is -2.41. The third kappa shape index (κ3) is 2.02. The lowest BCUT2D eigenvalue weighted by Gasteiger charge is -2.14. The highest BCUT2D eigenvalue weighted by molar-refractivity contribution is 6.88. The smallest absolute Gasteiger partial charge is 0.104 e. The summed E-state index contributed by atoms with van der Waals surface area (Å²) < 4.78 is 2.15. The zero-order valence-electron chi connectivity index (χ0n) is 10.4. The van der Waals surface area contributed by atoms with E-state index in [0.29, 0.717) is 0 Å². The lowest BCUT2D eigenvalue weighted by molar-refractivity contribution is 0.665. The average molecular weight is 222 g/mol. The first-order valence-corrected chi connectivity index (χ1v) is 9.55. The number of fused-ring (bicyclic) bond motifs is 1. The molecule has 0 N–H and O–H groups in total. The van der Waals surface area contributed by atoms with Crippen LogP contribution in [-0.2, 0) is 19.9 Å². The number of hydrogen-bond donors (Lipinski definition) is 0. The molecule has 0 amide bonds. The monoisotopic (exact) mass is 222 g/mol. The van der Waals surface area contributed by atoms with Gasteiger partial charge in [-0.1, -0.05) is 26.1 Å². The van der Waals surface area contributed by atoms with Crippen molar-refractivity contribution < 1.29 is 0 Å². The molecule has 0 unspecified atom stereocenters. The van der Waals surface area contributed by atoms with Crippen molar-refractivity contribution in [2.24, 2.45) is 7.05 Å². The predicted molar refractivity (Wildman–Crippen MR) is 67.4 cm³/mol. The quantitative estimate of drug-likeness (QED) is 0.526. The van der Waals surface area contributed by atoms with E-state index in [1.165, 1.54) is 43.1 Å². The molecule has 2 rings (SSSR count). The third-order valence-corrected chi connectivity index (χ3v) is 5.15. The average Bonchev–Trinajstić information content (AvgIpc) is 2.37. The van der Waals surface area contributed by atoms with Gasteiger partial charge < -0.3 is 0 Å². The number of rotatable bonds is 1. The van der Waals surface area contributed by atoms with Crippen LogP contribution in [0.5, 0.6) is 0 Å². The van der Waals surface area contributed by atoms with E-state index < -0.39 is 8.07 Å². The van der Waals surface area contributed by atoms with Crippen LogP contribution in [-0.4, -0.2) is 17.9 Å². The molecule has 0 spiro atoms. The number of hydrogen-bond acceptors (Lipinski definition) is 1. The second-order valence-corrected chi connectivity index (χ2v) is 10.7. The van der Waals surface area contributed by atoms with E-state index in [2.05, 4.69) is 31.4 Å². The summed E-state index contributed by atoms with van der Waals surface area (Å²) in [5.41, 5.74) is 3.12. The SMILES string of the molecule is Cn1nc([Si](C)(C)C)c2c1CCCCC2. The van der Waals surface area contributed by atoms with Crippen LogP contribution in [0, 0.1) is 0 Å². The highest BCUT2D eigenvalue weighted by Gasteiger charge is 2.27. The van der Waals surface area contributed by atoms with E-state index in [-0.39, 0.29) is 0 Å². The van der Waals surface area contributed by atoms with Crippen LogP contribution in [0.25, 0.3) is 0 Å². The summed E-state index contributed by atoms with van der Waals surface area (Å²) in [6.07, 6.45) is 6.60. The fourth-order valence-electron chi connectivity index (χ4n) is 2.55. The Hall–Kier alpha value is -0.573. The van der Waals surface area contributed by atoms with Gasteiger partial charge in [-0.2, -0.15) is 5.10 Å². The van der Waals surface area contributed by atoms with E-state index in [1.54, 1.807) is 5.56 Å². The maximum absolute atomic E-state index is 4.78. The Morgan fingerprint density at radius 3 is 2.40 bits per heavy atom. The van der Waals surface area contributed by atoms with Crippen LogP contribution < -0.4 is 5.32 Å². The summed E-state index contributed by atoms with van der Waals surface area (Å²) in [5, 5.41) is 6.24. The minimum absolute atomic E-state index is 1.24. The van der Waals surface area contributed by atoms with Gasteiger partial charge in [-0.05, 0) is 31.2 Å². The summed E-state index contributed by atoms with van der Waals surface area (Å²) in [6.45, 7) is 7.21. The summed E-state index contributed by atoms with van der Waals surface area (Å²) >= 11 is 0. The molecule has 0 saturated carbocycles. The normalized spacial score (nSPS) is 17.3.